The average Bonchev–Trinajstić information content (AvgIpc) is 3.00. The van der Waals surface area contributed by atoms with Crippen LogP contribution in [-0.4, -0.2) is 11.6 Å². The molecule has 0 aliphatic heterocycles. The van der Waals surface area contributed by atoms with Gasteiger partial charge in [-0.05, 0) is 42.5 Å². The van der Waals surface area contributed by atoms with Gasteiger partial charge in [0.05, 0.1) is 9.21 Å². The molecule has 0 aliphatic carbocycles. The van der Waals surface area contributed by atoms with Crippen molar-refractivity contribution < 1.29 is 9.59 Å². The van der Waals surface area contributed by atoms with Crippen LogP contribution >= 0.6 is 34.5 Å². The fraction of sp³-hybridized carbons (Fsp3) is 0. The van der Waals surface area contributed by atoms with E-state index in [0.29, 0.717) is 31.1 Å². The zero-order chi connectivity index (χ0) is 17.3. The normalized spacial score (nSPS) is 10.6. The number of anilines is 1. The number of hydrogen-bond donors (Lipinski definition) is 1. The molecule has 0 saturated heterocycles. The summed E-state index contributed by atoms with van der Waals surface area (Å²) in [6, 6.07) is 14.6. The van der Waals surface area contributed by atoms with Crippen LogP contribution in [0.25, 0.3) is 0 Å². The number of nitrogen functional groups attached to an aromatic ring is 1. The molecule has 120 valence electrons. The molecule has 2 aromatic carbocycles. The van der Waals surface area contributed by atoms with Crippen molar-refractivity contribution in [2.24, 2.45) is 0 Å². The number of nitrogens with two attached hydrogens (primary N) is 1. The molecule has 3 nitrogen and oxygen atoms in total. The Morgan fingerprint density at radius 3 is 2.29 bits per heavy atom. The zero-order valence-corrected chi connectivity index (χ0v) is 14.6. The number of halogens is 2. The number of benzene rings is 2. The Morgan fingerprint density at radius 2 is 1.62 bits per heavy atom. The summed E-state index contributed by atoms with van der Waals surface area (Å²) in [5.41, 5.74) is 7.30. The predicted octanol–water partition coefficient (Wildman–Crippen LogP) is 5.10. The Kier molecular flexibility index (Phi) is 4.71. The Bertz CT molecular complexity index is 950. The molecule has 0 radical (unpaired) electrons. The largest absolute Gasteiger partial charge is 0.398 e. The molecular formula is C18H11Cl2NO2S. The van der Waals surface area contributed by atoms with Gasteiger partial charge in [-0.15, -0.1) is 11.3 Å². The lowest BCUT2D eigenvalue weighted by Gasteiger charge is -2.08. The molecule has 1 aromatic heterocycles. The molecule has 0 fully saturated rings. The summed E-state index contributed by atoms with van der Waals surface area (Å²) in [4.78, 5) is 25.7. The maximum atomic E-state index is 12.7. The van der Waals surface area contributed by atoms with Gasteiger partial charge >= 0.3 is 0 Å². The number of carbonyl (C=O) groups is 2. The molecular weight excluding hydrogens is 365 g/mol. The van der Waals surface area contributed by atoms with E-state index in [-0.39, 0.29) is 17.1 Å². The van der Waals surface area contributed by atoms with Crippen molar-refractivity contribution in [2.75, 3.05) is 5.73 Å². The van der Waals surface area contributed by atoms with Crippen molar-refractivity contribution in [3.63, 3.8) is 0 Å². The van der Waals surface area contributed by atoms with E-state index >= 15 is 0 Å². The molecule has 2 N–H and O–H groups in total. The molecule has 0 aliphatic rings. The van der Waals surface area contributed by atoms with Crippen LogP contribution in [0.1, 0.15) is 31.2 Å². The summed E-state index contributed by atoms with van der Waals surface area (Å²) in [5.74, 6) is -0.485. The van der Waals surface area contributed by atoms with E-state index in [1.54, 1.807) is 48.5 Å². The first kappa shape index (κ1) is 16.7. The first-order valence-corrected chi connectivity index (χ1v) is 8.53. The van der Waals surface area contributed by atoms with Gasteiger partial charge in [-0.2, -0.15) is 0 Å². The summed E-state index contributed by atoms with van der Waals surface area (Å²) in [6.45, 7) is 0. The Hall–Kier alpha value is -2.14. The van der Waals surface area contributed by atoms with E-state index in [2.05, 4.69) is 0 Å². The predicted molar refractivity (Wildman–Crippen MR) is 98.5 cm³/mol. The molecule has 0 bridgehead atoms. The fourth-order valence-electron chi connectivity index (χ4n) is 2.26. The maximum absolute atomic E-state index is 12.7. The average molecular weight is 376 g/mol. The molecule has 0 unspecified atom stereocenters. The van der Waals surface area contributed by atoms with E-state index in [1.165, 1.54) is 17.4 Å². The third-order valence-electron chi connectivity index (χ3n) is 3.44. The van der Waals surface area contributed by atoms with Gasteiger partial charge in [0.15, 0.2) is 5.78 Å². The van der Waals surface area contributed by atoms with Crippen molar-refractivity contribution in [3.05, 3.63) is 85.5 Å². The second kappa shape index (κ2) is 6.77. The molecule has 0 amide bonds. The van der Waals surface area contributed by atoms with Crippen LogP contribution in [0, 0.1) is 0 Å². The first-order chi connectivity index (χ1) is 11.5. The van der Waals surface area contributed by atoms with Crippen molar-refractivity contribution in [2.45, 2.75) is 0 Å². The van der Waals surface area contributed by atoms with E-state index < -0.39 is 0 Å². The number of thiophene rings is 1. The van der Waals surface area contributed by atoms with Crippen LogP contribution in [0.15, 0.2) is 54.6 Å². The second-order valence-corrected chi connectivity index (χ2v) is 7.23. The lowest BCUT2D eigenvalue weighted by Crippen LogP contribution is -2.08. The van der Waals surface area contributed by atoms with Gasteiger partial charge in [-0.25, -0.2) is 0 Å². The number of rotatable bonds is 4. The van der Waals surface area contributed by atoms with Gasteiger partial charge in [0.25, 0.3) is 0 Å². The van der Waals surface area contributed by atoms with E-state index in [0.717, 1.165) is 0 Å². The number of hydrogen-bond acceptors (Lipinski definition) is 4. The van der Waals surface area contributed by atoms with Gasteiger partial charge in [0.2, 0.25) is 5.78 Å². The van der Waals surface area contributed by atoms with Crippen LogP contribution in [0.2, 0.25) is 9.36 Å². The third kappa shape index (κ3) is 3.36. The smallest absolute Gasteiger partial charge is 0.203 e. The van der Waals surface area contributed by atoms with Gasteiger partial charge in [-0.3, -0.25) is 9.59 Å². The van der Waals surface area contributed by atoms with Gasteiger partial charge in [0, 0.05) is 27.4 Å². The Labute approximate surface area is 152 Å². The highest BCUT2D eigenvalue weighted by atomic mass is 35.5. The van der Waals surface area contributed by atoms with Crippen LogP contribution in [0.3, 0.4) is 0 Å². The molecule has 24 heavy (non-hydrogen) atoms. The molecule has 0 atom stereocenters. The number of ketones is 2. The van der Waals surface area contributed by atoms with E-state index in [1.807, 2.05) is 0 Å². The van der Waals surface area contributed by atoms with Crippen LogP contribution in [0.5, 0.6) is 0 Å². The Balaban J connectivity index is 2.00. The van der Waals surface area contributed by atoms with Crippen molar-refractivity contribution in [1.82, 2.24) is 0 Å². The monoisotopic (exact) mass is 375 g/mol. The topological polar surface area (TPSA) is 60.2 Å². The van der Waals surface area contributed by atoms with Gasteiger partial charge in [0.1, 0.15) is 0 Å². The molecule has 0 saturated carbocycles. The summed E-state index contributed by atoms with van der Waals surface area (Å²) >= 11 is 13.0. The molecule has 1 heterocycles. The maximum Gasteiger partial charge on any atom is 0.203 e. The SMILES string of the molecule is Nc1ccc(C(=O)c2ccc(Cl)s2)cc1C(=O)c1cccc(Cl)c1. The van der Waals surface area contributed by atoms with Crippen molar-refractivity contribution >= 4 is 51.8 Å². The lowest BCUT2D eigenvalue weighted by molar-refractivity contribution is 0.103. The highest BCUT2D eigenvalue weighted by Gasteiger charge is 2.17. The quantitative estimate of drug-likeness (QED) is 0.509. The highest BCUT2D eigenvalue weighted by molar-refractivity contribution is 7.18. The fourth-order valence-corrected chi connectivity index (χ4v) is 3.45. The van der Waals surface area contributed by atoms with E-state index in [9.17, 15) is 9.59 Å². The molecule has 6 heteroatoms. The number of carbonyl (C=O) groups excluding carboxylic acids is 2. The molecule has 3 aromatic rings. The lowest BCUT2D eigenvalue weighted by atomic mass is 9.98. The third-order valence-corrected chi connectivity index (χ3v) is 4.91. The molecule has 3 rings (SSSR count). The summed E-state index contributed by atoms with van der Waals surface area (Å²) < 4.78 is 0.532. The summed E-state index contributed by atoms with van der Waals surface area (Å²) in [6.07, 6.45) is 0. The minimum Gasteiger partial charge on any atom is -0.398 e. The molecule has 0 spiro atoms. The van der Waals surface area contributed by atoms with Crippen LogP contribution in [-0.2, 0) is 0 Å². The second-order valence-electron chi connectivity index (χ2n) is 5.07. The standard InChI is InChI=1S/C18H11Cl2NO2S/c19-12-3-1-2-10(8-12)17(22)13-9-11(4-5-14(13)21)18(23)15-6-7-16(20)24-15/h1-9H,21H2. The first-order valence-electron chi connectivity index (χ1n) is 6.95. The van der Waals surface area contributed by atoms with Crippen LogP contribution < -0.4 is 5.73 Å². The van der Waals surface area contributed by atoms with Crippen molar-refractivity contribution in [3.8, 4) is 0 Å². The highest BCUT2D eigenvalue weighted by Crippen LogP contribution is 2.26. The minimum atomic E-state index is -0.283. The van der Waals surface area contributed by atoms with Crippen LogP contribution in [0.4, 0.5) is 5.69 Å². The Morgan fingerprint density at radius 1 is 0.875 bits per heavy atom. The summed E-state index contributed by atoms with van der Waals surface area (Å²) in [5, 5.41) is 0.458. The zero-order valence-electron chi connectivity index (χ0n) is 12.3. The van der Waals surface area contributed by atoms with Gasteiger partial charge in [-0.1, -0.05) is 35.3 Å². The van der Waals surface area contributed by atoms with Gasteiger partial charge < -0.3 is 5.73 Å². The summed E-state index contributed by atoms with van der Waals surface area (Å²) in [7, 11) is 0. The minimum absolute atomic E-state index is 0.202. The van der Waals surface area contributed by atoms with Crippen molar-refractivity contribution in [1.29, 1.82) is 0 Å². The van der Waals surface area contributed by atoms with E-state index in [4.69, 9.17) is 28.9 Å².